The maximum atomic E-state index is 6.29. The zero-order valence-electron chi connectivity index (χ0n) is 18.1. The van der Waals surface area contributed by atoms with Crippen molar-refractivity contribution >= 4 is 28.9 Å². The van der Waals surface area contributed by atoms with Crippen LogP contribution in [0.5, 0.6) is 5.88 Å². The van der Waals surface area contributed by atoms with E-state index in [1.54, 1.807) is 6.20 Å². The lowest BCUT2D eigenvalue weighted by Gasteiger charge is -2.28. The van der Waals surface area contributed by atoms with Crippen LogP contribution in [0.3, 0.4) is 0 Å². The predicted octanol–water partition coefficient (Wildman–Crippen LogP) is 4.11. The number of anilines is 3. The van der Waals surface area contributed by atoms with Crippen molar-refractivity contribution in [3.63, 3.8) is 0 Å². The summed E-state index contributed by atoms with van der Waals surface area (Å²) in [5.41, 5.74) is 2.12. The summed E-state index contributed by atoms with van der Waals surface area (Å²) in [6.07, 6.45) is 6.47. The summed E-state index contributed by atoms with van der Waals surface area (Å²) in [4.78, 5) is 11.1. The predicted molar refractivity (Wildman–Crippen MR) is 125 cm³/mol. The Morgan fingerprint density at radius 2 is 1.81 bits per heavy atom. The highest BCUT2D eigenvalue weighted by Gasteiger charge is 2.22. The van der Waals surface area contributed by atoms with Crippen molar-refractivity contribution in [1.82, 2.24) is 15.3 Å². The van der Waals surface area contributed by atoms with Crippen molar-refractivity contribution in [3.05, 3.63) is 35.5 Å². The van der Waals surface area contributed by atoms with E-state index < -0.39 is 0 Å². The number of rotatable bonds is 8. The molecule has 2 aromatic rings. The van der Waals surface area contributed by atoms with Gasteiger partial charge in [0.15, 0.2) is 0 Å². The van der Waals surface area contributed by atoms with Gasteiger partial charge in [-0.15, -0.1) is 0 Å². The highest BCUT2D eigenvalue weighted by molar-refractivity contribution is 6.31. The lowest BCUT2D eigenvalue weighted by molar-refractivity contribution is 0.122. The molecule has 2 heterocycles. The normalized spacial score (nSPS) is 21.7. The Morgan fingerprint density at radius 3 is 2.52 bits per heavy atom. The van der Waals surface area contributed by atoms with Crippen LogP contribution in [0.15, 0.2) is 30.5 Å². The Labute approximate surface area is 189 Å². The van der Waals surface area contributed by atoms with Gasteiger partial charge < -0.3 is 25.0 Å². The van der Waals surface area contributed by atoms with E-state index in [9.17, 15) is 0 Å². The summed E-state index contributed by atoms with van der Waals surface area (Å²) < 4.78 is 11.4. The average molecular weight is 446 g/mol. The van der Waals surface area contributed by atoms with Gasteiger partial charge in [0.1, 0.15) is 5.02 Å². The van der Waals surface area contributed by atoms with Gasteiger partial charge in [0, 0.05) is 24.5 Å². The van der Waals surface area contributed by atoms with Gasteiger partial charge in [-0.05, 0) is 75.4 Å². The van der Waals surface area contributed by atoms with Crippen LogP contribution in [0.25, 0.3) is 0 Å². The lowest BCUT2D eigenvalue weighted by atomic mass is 9.82. The minimum absolute atomic E-state index is 0.442. The fourth-order valence-corrected chi connectivity index (χ4v) is 4.45. The zero-order valence-corrected chi connectivity index (χ0v) is 18.9. The van der Waals surface area contributed by atoms with Gasteiger partial charge in [-0.3, -0.25) is 0 Å². The van der Waals surface area contributed by atoms with Crippen LogP contribution in [0.1, 0.15) is 25.7 Å². The molecule has 7 nitrogen and oxygen atoms in total. The van der Waals surface area contributed by atoms with Gasteiger partial charge >= 0.3 is 0 Å². The summed E-state index contributed by atoms with van der Waals surface area (Å²) in [5, 5.41) is 6.97. The van der Waals surface area contributed by atoms with Crippen molar-refractivity contribution in [2.75, 3.05) is 56.7 Å². The minimum atomic E-state index is 0.442. The van der Waals surface area contributed by atoms with E-state index in [1.165, 1.54) is 31.4 Å². The fourth-order valence-electron chi connectivity index (χ4n) is 4.31. The summed E-state index contributed by atoms with van der Waals surface area (Å²) >= 11 is 6.29. The Balaban J connectivity index is 1.31. The molecular formula is C23H32ClN5O2. The number of halogens is 1. The number of nitrogens with zero attached hydrogens (tertiary/aromatic N) is 3. The van der Waals surface area contributed by atoms with E-state index in [1.807, 2.05) is 19.2 Å². The molecule has 31 heavy (non-hydrogen) atoms. The van der Waals surface area contributed by atoms with E-state index in [0.717, 1.165) is 44.5 Å². The van der Waals surface area contributed by atoms with Crippen molar-refractivity contribution in [3.8, 4) is 5.88 Å². The number of aromatic nitrogens is 2. The van der Waals surface area contributed by atoms with Crippen LogP contribution in [0, 0.1) is 11.8 Å². The molecule has 0 amide bonds. The van der Waals surface area contributed by atoms with Gasteiger partial charge in [0.2, 0.25) is 11.8 Å². The van der Waals surface area contributed by atoms with Crippen LogP contribution in [0.2, 0.25) is 5.02 Å². The molecule has 1 saturated carbocycles. The number of benzene rings is 1. The standard InChI is InChI=1S/C23H32ClN5O2/c1-25-14-17-2-4-18(5-3-17)16-31-22-21(24)15-26-23(28-22)27-19-6-8-20(9-7-19)29-10-12-30-13-11-29/h6-9,15,17-18,25H,2-5,10-14,16H2,1H3,(H,26,27,28)/t17-,18-. The topological polar surface area (TPSA) is 71.5 Å². The van der Waals surface area contributed by atoms with Crippen LogP contribution in [0.4, 0.5) is 17.3 Å². The fraction of sp³-hybridized carbons (Fsp3) is 0.565. The molecule has 1 aromatic heterocycles. The molecule has 2 aliphatic rings. The molecule has 2 N–H and O–H groups in total. The number of hydrogen-bond acceptors (Lipinski definition) is 7. The van der Waals surface area contributed by atoms with E-state index in [-0.39, 0.29) is 0 Å². The number of morpholine rings is 1. The third kappa shape index (κ3) is 6.21. The molecule has 0 bridgehead atoms. The summed E-state index contributed by atoms with van der Waals surface area (Å²) in [5.74, 6) is 2.27. The first-order valence-electron chi connectivity index (χ1n) is 11.2. The zero-order chi connectivity index (χ0) is 21.5. The Morgan fingerprint density at radius 1 is 1.10 bits per heavy atom. The van der Waals surface area contributed by atoms with Crippen LogP contribution >= 0.6 is 11.6 Å². The van der Waals surface area contributed by atoms with Gasteiger partial charge in [-0.25, -0.2) is 4.98 Å². The molecular weight excluding hydrogens is 414 g/mol. The Kier molecular flexibility index (Phi) is 7.83. The molecule has 0 spiro atoms. The lowest BCUT2D eigenvalue weighted by Crippen LogP contribution is -2.36. The molecule has 168 valence electrons. The van der Waals surface area contributed by atoms with Gasteiger partial charge in [-0.1, -0.05) is 11.6 Å². The summed E-state index contributed by atoms with van der Waals surface area (Å²) in [6.45, 7) is 5.15. The first-order valence-corrected chi connectivity index (χ1v) is 11.6. The number of nitrogens with one attached hydrogen (secondary N) is 2. The van der Waals surface area contributed by atoms with Crippen LogP contribution < -0.4 is 20.3 Å². The average Bonchev–Trinajstić information content (AvgIpc) is 2.82. The largest absolute Gasteiger partial charge is 0.476 e. The quantitative estimate of drug-likeness (QED) is 0.633. The molecule has 0 unspecified atom stereocenters. The van der Waals surface area contributed by atoms with Crippen molar-refractivity contribution in [2.24, 2.45) is 11.8 Å². The van der Waals surface area contributed by atoms with Crippen molar-refractivity contribution < 1.29 is 9.47 Å². The third-order valence-corrected chi connectivity index (χ3v) is 6.39. The van der Waals surface area contributed by atoms with Crippen LogP contribution in [-0.2, 0) is 4.74 Å². The number of hydrogen-bond donors (Lipinski definition) is 2. The van der Waals surface area contributed by atoms with Crippen molar-refractivity contribution in [2.45, 2.75) is 25.7 Å². The number of ether oxygens (including phenoxy) is 2. The molecule has 0 atom stereocenters. The summed E-state index contributed by atoms with van der Waals surface area (Å²) in [6, 6.07) is 8.27. The van der Waals surface area contributed by atoms with E-state index >= 15 is 0 Å². The molecule has 1 aromatic carbocycles. The maximum Gasteiger partial charge on any atom is 0.237 e. The first kappa shape index (κ1) is 22.1. The van der Waals surface area contributed by atoms with Gasteiger partial charge in [-0.2, -0.15) is 4.98 Å². The summed E-state index contributed by atoms with van der Waals surface area (Å²) in [7, 11) is 2.02. The second kappa shape index (κ2) is 11.0. The minimum Gasteiger partial charge on any atom is -0.476 e. The van der Waals surface area contributed by atoms with Gasteiger partial charge in [0.05, 0.1) is 26.0 Å². The van der Waals surface area contributed by atoms with E-state index in [0.29, 0.717) is 29.4 Å². The van der Waals surface area contributed by atoms with E-state index in [4.69, 9.17) is 21.1 Å². The Bertz CT molecular complexity index is 821. The molecule has 2 fully saturated rings. The molecule has 4 rings (SSSR count). The second-order valence-electron chi connectivity index (χ2n) is 8.37. The highest BCUT2D eigenvalue weighted by Crippen LogP contribution is 2.30. The smallest absolute Gasteiger partial charge is 0.237 e. The molecule has 8 heteroatoms. The third-order valence-electron chi connectivity index (χ3n) is 6.13. The van der Waals surface area contributed by atoms with Crippen molar-refractivity contribution in [1.29, 1.82) is 0 Å². The molecule has 1 aliphatic heterocycles. The van der Waals surface area contributed by atoms with E-state index in [2.05, 4.69) is 37.6 Å². The Hall–Kier alpha value is -2.09. The monoisotopic (exact) mass is 445 g/mol. The molecule has 1 aliphatic carbocycles. The maximum absolute atomic E-state index is 6.29. The second-order valence-corrected chi connectivity index (χ2v) is 8.78. The molecule has 0 radical (unpaired) electrons. The SMILES string of the molecule is CNC[C@H]1CC[C@H](COc2nc(Nc3ccc(N4CCOCC4)cc3)ncc2Cl)CC1. The highest BCUT2D eigenvalue weighted by atomic mass is 35.5. The molecule has 1 saturated heterocycles. The first-order chi connectivity index (χ1) is 15.2. The van der Waals surface area contributed by atoms with Crippen LogP contribution in [-0.4, -0.2) is 56.5 Å². The van der Waals surface area contributed by atoms with Gasteiger partial charge in [0.25, 0.3) is 0 Å².